The molecule has 0 aromatic rings. The molecule has 0 heterocycles. The average Bonchev–Trinajstić information content (AvgIpc) is 2.82. The van der Waals surface area contributed by atoms with Crippen molar-refractivity contribution in [2.75, 3.05) is 6.26 Å². The van der Waals surface area contributed by atoms with E-state index in [9.17, 15) is 8.42 Å². The van der Waals surface area contributed by atoms with Crippen LogP contribution >= 0.6 is 15.9 Å². The lowest BCUT2D eigenvalue weighted by Crippen LogP contribution is -2.34. The molecule has 6 heteroatoms. The molecule has 1 fully saturated rings. The van der Waals surface area contributed by atoms with Crippen molar-refractivity contribution >= 4 is 26.0 Å². The third-order valence-corrected chi connectivity index (χ3v) is 3.51. The summed E-state index contributed by atoms with van der Waals surface area (Å²) in [5, 5.41) is 0. The lowest BCUT2D eigenvalue weighted by Gasteiger charge is -2.20. The minimum Gasteiger partial charge on any atom is -0.495 e. The Morgan fingerprint density at radius 3 is 2.75 bits per heavy atom. The van der Waals surface area contributed by atoms with Gasteiger partial charge in [0.25, 0.3) is 0 Å². The number of rotatable bonds is 4. The summed E-state index contributed by atoms with van der Waals surface area (Å²) in [7, 11) is -3.18. The molecule has 0 saturated heterocycles. The molecule has 2 aliphatic carbocycles. The Labute approximate surface area is 104 Å². The van der Waals surface area contributed by atoms with Gasteiger partial charge in [-0.05, 0) is 18.9 Å². The number of nitrogens with one attached hydrogen (secondary N) is 1. The van der Waals surface area contributed by atoms with Crippen LogP contribution in [0.4, 0.5) is 0 Å². The molecule has 0 aliphatic heterocycles. The Balaban J connectivity index is 2.00. The zero-order valence-corrected chi connectivity index (χ0v) is 11.3. The third-order valence-electron chi connectivity index (χ3n) is 2.29. The Hall–Kier alpha value is -0.330. The lowest BCUT2D eigenvalue weighted by molar-refractivity contribution is 0.183. The first-order chi connectivity index (χ1) is 7.42. The van der Waals surface area contributed by atoms with Gasteiger partial charge in [-0.1, -0.05) is 22.0 Å². The first-order valence-corrected chi connectivity index (χ1v) is 7.83. The molecule has 90 valence electrons. The predicted octanol–water partition coefficient (Wildman–Crippen LogP) is 1.65. The molecule has 1 unspecified atom stereocenters. The van der Waals surface area contributed by atoms with Crippen LogP contribution in [0.3, 0.4) is 0 Å². The molecule has 1 saturated carbocycles. The monoisotopic (exact) mass is 307 g/mol. The van der Waals surface area contributed by atoms with Crippen molar-refractivity contribution in [3.8, 4) is 0 Å². The maximum atomic E-state index is 11.1. The Morgan fingerprint density at radius 2 is 2.19 bits per heavy atom. The van der Waals surface area contributed by atoms with E-state index in [1.54, 1.807) is 0 Å². The highest BCUT2D eigenvalue weighted by molar-refractivity contribution is 9.11. The minimum atomic E-state index is -3.18. The molecular formula is C10H14BrNO3S. The van der Waals surface area contributed by atoms with E-state index in [2.05, 4.69) is 20.7 Å². The number of hydrogen-bond donors (Lipinski definition) is 1. The zero-order chi connectivity index (χ0) is 11.8. The highest BCUT2D eigenvalue weighted by Crippen LogP contribution is 2.31. The van der Waals surface area contributed by atoms with E-state index in [1.165, 1.54) is 0 Å². The van der Waals surface area contributed by atoms with Gasteiger partial charge in [0.2, 0.25) is 10.0 Å². The summed E-state index contributed by atoms with van der Waals surface area (Å²) in [5.41, 5.74) is 0. The molecule has 0 radical (unpaired) electrons. The second-order valence-corrected chi connectivity index (χ2v) is 6.88. The molecule has 2 aliphatic rings. The minimum absolute atomic E-state index is 0.219. The maximum absolute atomic E-state index is 11.1. The van der Waals surface area contributed by atoms with Gasteiger partial charge < -0.3 is 4.74 Å². The molecule has 1 N–H and O–H groups in total. The zero-order valence-electron chi connectivity index (χ0n) is 8.94. The van der Waals surface area contributed by atoms with Gasteiger partial charge in [-0.25, -0.2) is 13.1 Å². The molecule has 16 heavy (non-hydrogen) atoms. The van der Waals surface area contributed by atoms with Crippen LogP contribution in [-0.4, -0.2) is 26.8 Å². The maximum Gasteiger partial charge on any atom is 0.209 e. The summed E-state index contributed by atoms with van der Waals surface area (Å²) in [5.74, 6) is 0.845. The van der Waals surface area contributed by atoms with Crippen molar-refractivity contribution < 1.29 is 13.2 Å². The number of allylic oxidation sites excluding steroid dienone is 2. The van der Waals surface area contributed by atoms with Crippen LogP contribution in [0.2, 0.25) is 0 Å². The number of hydrogen-bond acceptors (Lipinski definition) is 3. The first-order valence-electron chi connectivity index (χ1n) is 5.14. The van der Waals surface area contributed by atoms with Crippen LogP contribution in [0.1, 0.15) is 19.3 Å². The standard InChI is InChI=1S/C10H14BrNO3S/c1-16(13,14)12-8-4-7(11)5-10(6-8)15-9-2-3-9/h4-5,8-9,12H,2-3,6H2,1H3. The fourth-order valence-electron chi connectivity index (χ4n) is 1.56. The van der Waals surface area contributed by atoms with Crippen molar-refractivity contribution in [2.45, 2.75) is 31.4 Å². The van der Waals surface area contributed by atoms with E-state index >= 15 is 0 Å². The SMILES string of the molecule is CS(=O)(=O)NC1C=C(Br)C=C(OC2CC2)C1. The van der Waals surface area contributed by atoms with E-state index in [1.807, 2.05) is 12.2 Å². The molecule has 0 aromatic carbocycles. The first kappa shape index (κ1) is 12.1. The second kappa shape index (κ2) is 4.50. The van der Waals surface area contributed by atoms with Crippen molar-refractivity contribution in [2.24, 2.45) is 0 Å². The molecule has 1 atom stereocenters. The van der Waals surface area contributed by atoms with Gasteiger partial charge in [0.1, 0.15) is 0 Å². The fourth-order valence-corrected chi connectivity index (χ4v) is 2.84. The van der Waals surface area contributed by atoms with Crippen molar-refractivity contribution in [1.82, 2.24) is 4.72 Å². The van der Waals surface area contributed by atoms with E-state index in [-0.39, 0.29) is 6.04 Å². The highest BCUT2D eigenvalue weighted by atomic mass is 79.9. The Kier molecular flexibility index (Phi) is 3.42. The van der Waals surface area contributed by atoms with E-state index in [0.29, 0.717) is 12.5 Å². The lowest BCUT2D eigenvalue weighted by atomic mass is 10.1. The van der Waals surface area contributed by atoms with Crippen LogP contribution in [0.5, 0.6) is 0 Å². The fraction of sp³-hybridized carbons (Fsp3) is 0.600. The summed E-state index contributed by atoms with van der Waals surface area (Å²) >= 11 is 3.36. The van der Waals surface area contributed by atoms with Crippen LogP contribution < -0.4 is 4.72 Å². The van der Waals surface area contributed by atoms with Crippen molar-refractivity contribution in [3.05, 3.63) is 22.4 Å². The van der Waals surface area contributed by atoms with Gasteiger partial charge in [0.15, 0.2) is 0 Å². The van der Waals surface area contributed by atoms with Crippen LogP contribution in [-0.2, 0) is 14.8 Å². The smallest absolute Gasteiger partial charge is 0.209 e. The van der Waals surface area contributed by atoms with Gasteiger partial charge in [0, 0.05) is 16.9 Å². The van der Waals surface area contributed by atoms with Crippen molar-refractivity contribution in [3.63, 3.8) is 0 Å². The molecule has 0 amide bonds. The molecule has 0 spiro atoms. The number of ether oxygens (including phenoxy) is 1. The van der Waals surface area contributed by atoms with Gasteiger partial charge >= 0.3 is 0 Å². The van der Waals surface area contributed by atoms with Gasteiger partial charge in [-0.15, -0.1) is 0 Å². The molecular weight excluding hydrogens is 294 g/mol. The molecule has 2 rings (SSSR count). The van der Waals surface area contributed by atoms with Crippen LogP contribution in [0, 0.1) is 0 Å². The average molecular weight is 308 g/mol. The summed E-state index contributed by atoms with van der Waals surface area (Å²) in [4.78, 5) is 0. The molecule has 4 nitrogen and oxygen atoms in total. The number of halogens is 1. The van der Waals surface area contributed by atoms with Gasteiger partial charge in [-0.2, -0.15) is 0 Å². The topological polar surface area (TPSA) is 55.4 Å². The normalized spacial score (nSPS) is 26.0. The highest BCUT2D eigenvalue weighted by Gasteiger charge is 2.27. The summed E-state index contributed by atoms with van der Waals surface area (Å²) in [6, 6.07) is -0.219. The van der Waals surface area contributed by atoms with Crippen LogP contribution in [0.15, 0.2) is 22.4 Å². The second-order valence-electron chi connectivity index (χ2n) is 4.18. The Bertz CT molecular complexity index is 437. The van der Waals surface area contributed by atoms with E-state index in [0.717, 1.165) is 29.3 Å². The quantitative estimate of drug-likeness (QED) is 0.859. The van der Waals surface area contributed by atoms with Crippen LogP contribution in [0.25, 0.3) is 0 Å². The van der Waals surface area contributed by atoms with Gasteiger partial charge in [-0.3, -0.25) is 0 Å². The molecule has 0 aromatic heterocycles. The van der Waals surface area contributed by atoms with Crippen molar-refractivity contribution in [1.29, 1.82) is 0 Å². The summed E-state index contributed by atoms with van der Waals surface area (Å²) in [6.07, 6.45) is 8.02. The summed E-state index contributed by atoms with van der Waals surface area (Å²) in [6.45, 7) is 0. The predicted molar refractivity (Wildman–Crippen MR) is 65.6 cm³/mol. The van der Waals surface area contributed by atoms with E-state index in [4.69, 9.17) is 4.74 Å². The largest absolute Gasteiger partial charge is 0.495 e. The Morgan fingerprint density at radius 1 is 1.50 bits per heavy atom. The summed E-state index contributed by atoms with van der Waals surface area (Å²) < 4.78 is 31.3. The van der Waals surface area contributed by atoms with Gasteiger partial charge in [0.05, 0.1) is 18.1 Å². The third kappa shape index (κ3) is 3.92. The molecule has 0 bridgehead atoms. The number of sulfonamides is 1. The van der Waals surface area contributed by atoms with E-state index < -0.39 is 10.0 Å².